The summed E-state index contributed by atoms with van der Waals surface area (Å²) in [4.78, 5) is 7.05. The predicted octanol–water partition coefficient (Wildman–Crippen LogP) is 5.00. The van der Waals surface area contributed by atoms with Crippen molar-refractivity contribution in [3.63, 3.8) is 0 Å². The van der Waals surface area contributed by atoms with Crippen LogP contribution in [-0.2, 0) is 0 Å². The van der Waals surface area contributed by atoms with Gasteiger partial charge in [-0.3, -0.25) is 0 Å². The Labute approximate surface area is 146 Å². The molecule has 0 N–H and O–H groups in total. The number of aromatic nitrogens is 1. The molecular weight excluding hydrogens is 319 g/mol. The Bertz CT molecular complexity index is 844. The van der Waals surface area contributed by atoms with E-state index in [1.807, 2.05) is 30.3 Å². The minimum atomic E-state index is -0.216. The third-order valence-electron chi connectivity index (χ3n) is 4.03. The van der Waals surface area contributed by atoms with E-state index in [2.05, 4.69) is 32.0 Å². The molecule has 3 rings (SSSR count). The van der Waals surface area contributed by atoms with E-state index in [9.17, 15) is 4.39 Å². The first-order valence-corrected chi connectivity index (χ1v) is 8.97. The lowest BCUT2D eigenvalue weighted by molar-refractivity contribution is 0.437. The highest BCUT2D eigenvalue weighted by molar-refractivity contribution is 7.99. The second-order valence-corrected chi connectivity index (χ2v) is 7.18. The van der Waals surface area contributed by atoms with Gasteiger partial charge < -0.3 is 4.90 Å². The highest BCUT2D eigenvalue weighted by atomic mass is 32.2. The molecule has 0 atom stereocenters. The molecule has 124 valence electrons. The molecule has 0 saturated heterocycles. The fourth-order valence-corrected chi connectivity index (χ4v) is 3.96. The summed E-state index contributed by atoms with van der Waals surface area (Å²) in [5.74, 6) is 0.748. The van der Waals surface area contributed by atoms with Crippen LogP contribution in [0.2, 0.25) is 0 Å². The summed E-state index contributed by atoms with van der Waals surface area (Å²) in [7, 11) is 4.14. The van der Waals surface area contributed by atoms with Gasteiger partial charge in [0.2, 0.25) is 0 Å². The first-order valence-electron chi connectivity index (χ1n) is 7.99. The van der Waals surface area contributed by atoms with Crippen LogP contribution in [-0.4, -0.2) is 36.3 Å². The molecule has 2 aromatic carbocycles. The maximum atomic E-state index is 13.3. The second kappa shape index (κ2) is 7.32. The van der Waals surface area contributed by atoms with Crippen LogP contribution in [0, 0.1) is 12.7 Å². The van der Waals surface area contributed by atoms with Crippen molar-refractivity contribution >= 4 is 22.7 Å². The molecule has 2 nitrogen and oxygen atoms in total. The summed E-state index contributed by atoms with van der Waals surface area (Å²) >= 11 is 1.76. The molecule has 0 saturated carbocycles. The SMILES string of the molecule is Cc1c(-c2ccc(F)cc2)c(SCCN(C)C)nc2ccccc12. The van der Waals surface area contributed by atoms with E-state index >= 15 is 0 Å². The summed E-state index contributed by atoms with van der Waals surface area (Å²) in [6.45, 7) is 3.11. The standard InChI is InChI=1S/C20H21FN2S/c1-14-17-6-4-5-7-18(17)22-20(24-13-12-23(2)3)19(14)15-8-10-16(21)11-9-15/h4-11H,12-13H2,1-3H3. The molecule has 0 aliphatic rings. The van der Waals surface area contributed by atoms with Crippen molar-refractivity contribution in [3.05, 3.63) is 59.9 Å². The smallest absolute Gasteiger partial charge is 0.123 e. The number of fused-ring (bicyclic) bond motifs is 1. The first-order chi connectivity index (χ1) is 11.6. The van der Waals surface area contributed by atoms with Gasteiger partial charge in [-0.1, -0.05) is 30.3 Å². The number of nitrogens with zero attached hydrogens (tertiary/aromatic N) is 2. The molecule has 0 radical (unpaired) electrons. The summed E-state index contributed by atoms with van der Waals surface area (Å²) in [6, 6.07) is 14.9. The summed E-state index contributed by atoms with van der Waals surface area (Å²) < 4.78 is 13.3. The third kappa shape index (κ3) is 3.60. The van der Waals surface area contributed by atoms with E-state index in [0.29, 0.717) is 0 Å². The summed E-state index contributed by atoms with van der Waals surface area (Å²) in [5, 5.41) is 2.16. The van der Waals surface area contributed by atoms with Gasteiger partial charge in [-0.15, -0.1) is 11.8 Å². The van der Waals surface area contributed by atoms with Gasteiger partial charge in [-0.25, -0.2) is 9.37 Å². The van der Waals surface area contributed by atoms with E-state index in [1.165, 1.54) is 17.7 Å². The highest BCUT2D eigenvalue weighted by Gasteiger charge is 2.14. The van der Waals surface area contributed by atoms with Crippen molar-refractivity contribution in [3.8, 4) is 11.1 Å². The summed E-state index contributed by atoms with van der Waals surface area (Å²) in [6.07, 6.45) is 0. The zero-order valence-electron chi connectivity index (χ0n) is 14.2. The van der Waals surface area contributed by atoms with Gasteiger partial charge in [-0.05, 0) is 50.3 Å². The average Bonchev–Trinajstić information content (AvgIpc) is 2.56. The quantitative estimate of drug-likeness (QED) is 0.608. The average molecular weight is 340 g/mol. The van der Waals surface area contributed by atoms with Crippen molar-refractivity contribution in [2.45, 2.75) is 11.9 Å². The molecule has 3 aromatic rings. The molecule has 24 heavy (non-hydrogen) atoms. The predicted molar refractivity (Wildman–Crippen MR) is 101 cm³/mol. The Morgan fingerprint density at radius 2 is 1.75 bits per heavy atom. The van der Waals surface area contributed by atoms with Crippen LogP contribution < -0.4 is 0 Å². The Kier molecular flexibility index (Phi) is 5.17. The highest BCUT2D eigenvalue weighted by Crippen LogP contribution is 2.36. The van der Waals surface area contributed by atoms with Crippen LogP contribution in [0.4, 0.5) is 4.39 Å². The monoisotopic (exact) mass is 340 g/mol. The van der Waals surface area contributed by atoms with Crippen molar-refractivity contribution in [2.24, 2.45) is 0 Å². The van der Waals surface area contributed by atoms with Crippen molar-refractivity contribution < 1.29 is 4.39 Å². The molecule has 0 unspecified atom stereocenters. The largest absolute Gasteiger partial charge is 0.309 e. The maximum absolute atomic E-state index is 13.3. The van der Waals surface area contributed by atoms with Crippen LogP contribution >= 0.6 is 11.8 Å². The zero-order chi connectivity index (χ0) is 17.1. The van der Waals surface area contributed by atoms with E-state index in [-0.39, 0.29) is 5.82 Å². The van der Waals surface area contributed by atoms with E-state index < -0.39 is 0 Å². The topological polar surface area (TPSA) is 16.1 Å². The molecule has 0 fully saturated rings. The number of rotatable bonds is 5. The van der Waals surface area contributed by atoms with Crippen molar-refractivity contribution in [2.75, 3.05) is 26.4 Å². The number of hydrogen-bond acceptors (Lipinski definition) is 3. The lowest BCUT2D eigenvalue weighted by Gasteiger charge is -2.16. The van der Waals surface area contributed by atoms with Gasteiger partial charge in [0.25, 0.3) is 0 Å². The number of thioether (sulfide) groups is 1. The molecule has 0 amide bonds. The van der Waals surface area contributed by atoms with Crippen LogP contribution in [0.25, 0.3) is 22.0 Å². The number of para-hydroxylation sites is 1. The normalized spacial score (nSPS) is 11.4. The van der Waals surface area contributed by atoms with Gasteiger partial charge in [0.05, 0.1) is 5.52 Å². The van der Waals surface area contributed by atoms with Gasteiger partial charge in [-0.2, -0.15) is 0 Å². The van der Waals surface area contributed by atoms with Crippen molar-refractivity contribution in [1.29, 1.82) is 0 Å². The number of aryl methyl sites for hydroxylation is 1. The fourth-order valence-electron chi connectivity index (χ4n) is 2.73. The van der Waals surface area contributed by atoms with Gasteiger partial charge in [0.1, 0.15) is 10.8 Å². The van der Waals surface area contributed by atoms with Gasteiger partial charge in [0, 0.05) is 23.2 Å². The second-order valence-electron chi connectivity index (χ2n) is 6.09. The lowest BCUT2D eigenvalue weighted by Crippen LogP contribution is -2.14. The van der Waals surface area contributed by atoms with E-state index in [1.54, 1.807) is 11.8 Å². The maximum Gasteiger partial charge on any atom is 0.123 e. The first kappa shape index (κ1) is 16.9. The Balaban J connectivity index is 2.12. The minimum absolute atomic E-state index is 0.216. The van der Waals surface area contributed by atoms with Crippen LogP contribution in [0.1, 0.15) is 5.56 Å². The molecule has 1 aromatic heterocycles. The number of benzene rings is 2. The molecule has 0 bridgehead atoms. The molecule has 0 spiro atoms. The molecule has 4 heteroatoms. The number of halogens is 1. The lowest BCUT2D eigenvalue weighted by atomic mass is 9.99. The Morgan fingerprint density at radius 1 is 1.04 bits per heavy atom. The van der Waals surface area contributed by atoms with Crippen LogP contribution in [0.3, 0.4) is 0 Å². The van der Waals surface area contributed by atoms with E-state index in [4.69, 9.17) is 4.98 Å². The molecule has 0 aliphatic carbocycles. The van der Waals surface area contributed by atoms with Gasteiger partial charge in [0.15, 0.2) is 0 Å². The van der Waals surface area contributed by atoms with Crippen LogP contribution in [0.15, 0.2) is 53.6 Å². The molecule has 0 aliphatic heterocycles. The minimum Gasteiger partial charge on any atom is -0.309 e. The van der Waals surface area contributed by atoms with E-state index in [0.717, 1.165) is 39.4 Å². The zero-order valence-corrected chi connectivity index (χ0v) is 15.0. The number of hydrogen-bond donors (Lipinski definition) is 0. The summed E-state index contributed by atoms with van der Waals surface area (Å²) in [5.41, 5.74) is 4.32. The molecular formula is C20H21FN2S. The Hall–Kier alpha value is -1.91. The van der Waals surface area contributed by atoms with Gasteiger partial charge >= 0.3 is 0 Å². The van der Waals surface area contributed by atoms with Crippen molar-refractivity contribution in [1.82, 2.24) is 9.88 Å². The van der Waals surface area contributed by atoms with Crippen LogP contribution in [0.5, 0.6) is 0 Å². The third-order valence-corrected chi connectivity index (χ3v) is 4.98. The fraction of sp³-hybridized carbons (Fsp3) is 0.250. The molecule has 1 heterocycles. The number of pyridine rings is 1. The Morgan fingerprint density at radius 3 is 2.46 bits per heavy atom.